The van der Waals surface area contributed by atoms with E-state index in [0.717, 1.165) is 95.7 Å². The molecule has 5 nitrogen and oxygen atoms in total. The summed E-state index contributed by atoms with van der Waals surface area (Å²) in [7, 11) is 0. The molecule has 0 fully saturated rings. The summed E-state index contributed by atoms with van der Waals surface area (Å²) in [5.74, 6) is 1.83. The summed E-state index contributed by atoms with van der Waals surface area (Å²) in [4.78, 5) is 15.1. The van der Waals surface area contributed by atoms with Gasteiger partial charge in [-0.15, -0.1) is 0 Å². The maximum atomic E-state index is 6.83. The van der Waals surface area contributed by atoms with Crippen LogP contribution in [-0.2, 0) is 0 Å². The van der Waals surface area contributed by atoms with Crippen molar-refractivity contribution in [3.8, 4) is 56.4 Å². The number of aromatic nitrogens is 3. The monoisotopic (exact) mass is 719 g/mol. The summed E-state index contributed by atoms with van der Waals surface area (Å²) in [5, 5.41) is 4.10. The van der Waals surface area contributed by atoms with Gasteiger partial charge < -0.3 is 8.83 Å². The third-order valence-electron chi connectivity index (χ3n) is 10.8. The van der Waals surface area contributed by atoms with Crippen molar-refractivity contribution in [1.82, 2.24) is 15.0 Å². The van der Waals surface area contributed by atoms with Gasteiger partial charge in [0.1, 0.15) is 22.3 Å². The Hall–Kier alpha value is -7.37. The molecule has 0 saturated carbocycles. The second-order valence-corrected chi connectivity index (χ2v) is 14.2. The number of hydrogen-bond acceptors (Lipinski definition) is 5. The number of benzene rings is 7. The molecule has 0 spiro atoms. The number of allylic oxidation sites excluding steroid dienone is 4. The highest BCUT2D eigenvalue weighted by molar-refractivity contribution is 6.17. The largest absolute Gasteiger partial charge is 0.455 e. The van der Waals surface area contributed by atoms with Crippen LogP contribution in [0.5, 0.6) is 0 Å². The Balaban J connectivity index is 1.11. The van der Waals surface area contributed by atoms with Gasteiger partial charge in [0.15, 0.2) is 17.5 Å². The van der Waals surface area contributed by atoms with E-state index in [1.807, 2.05) is 84.9 Å². The number of nitrogens with zero attached hydrogens (tertiary/aromatic N) is 3. The molecular weight excluding hydrogens is 687 g/mol. The molecular formula is C51H33N3O2. The molecule has 11 rings (SSSR count). The number of para-hydroxylation sites is 2. The van der Waals surface area contributed by atoms with Crippen LogP contribution in [-0.4, -0.2) is 15.0 Å². The van der Waals surface area contributed by atoms with Crippen LogP contribution in [0.25, 0.3) is 106 Å². The first-order chi connectivity index (χ1) is 27.7. The van der Waals surface area contributed by atoms with Crippen molar-refractivity contribution in [3.63, 3.8) is 0 Å². The van der Waals surface area contributed by atoms with Gasteiger partial charge in [0.2, 0.25) is 0 Å². The zero-order chi connectivity index (χ0) is 37.0. The minimum Gasteiger partial charge on any atom is -0.455 e. The van der Waals surface area contributed by atoms with Gasteiger partial charge in [0, 0.05) is 49.4 Å². The van der Waals surface area contributed by atoms with E-state index in [1.54, 1.807) is 0 Å². The lowest BCUT2D eigenvalue weighted by Gasteiger charge is -2.11. The highest BCUT2D eigenvalue weighted by Gasteiger charge is 2.21. The van der Waals surface area contributed by atoms with Gasteiger partial charge in [0.05, 0.1) is 0 Å². The maximum absolute atomic E-state index is 6.83. The maximum Gasteiger partial charge on any atom is 0.164 e. The summed E-state index contributed by atoms with van der Waals surface area (Å²) in [6.07, 6.45) is 8.96. The summed E-state index contributed by atoms with van der Waals surface area (Å²) >= 11 is 0. The molecule has 0 radical (unpaired) electrons. The van der Waals surface area contributed by atoms with Gasteiger partial charge in [-0.05, 0) is 59.4 Å². The molecule has 264 valence electrons. The summed E-state index contributed by atoms with van der Waals surface area (Å²) in [6, 6.07) is 54.2. The molecule has 0 unspecified atom stereocenters. The third-order valence-corrected chi connectivity index (χ3v) is 10.8. The highest BCUT2D eigenvalue weighted by atomic mass is 16.3. The zero-order valence-corrected chi connectivity index (χ0v) is 30.3. The molecule has 3 heterocycles. The molecule has 1 aliphatic carbocycles. The van der Waals surface area contributed by atoms with E-state index in [2.05, 4.69) is 91.0 Å². The standard InChI is InChI=1S/C51H33N3O2/c1-4-14-32(15-5-1)33-26-28-34(29-27-33)42-30-37(31-43-39-20-10-11-24-44(39)55-48(42)43)38-21-12-22-40-46-41(23-13-25-45(46)56-47(38)40)51-53-49(35-16-6-2-7-17-35)52-50(54-51)36-18-8-3-9-19-36/h2-4,6-31H,1,5H2. The van der Waals surface area contributed by atoms with Crippen molar-refractivity contribution < 1.29 is 8.83 Å². The molecule has 0 aliphatic heterocycles. The van der Waals surface area contributed by atoms with E-state index in [1.165, 1.54) is 11.1 Å². The fourth-order valence-electron chi connectivity index (χ4n) is 8.06. The molecule has 0 N–H and O–H groups in total. The van der Waals surface area contributed by atoms with E-state index in [-0.39, 0.29) is 0 Å². The first-order valence-corrected chi connectivity index (χ1v) is 19.0. The van der Waals surface area contributed by atoms with Gasteiger partial charge in [-0.2, -0.15) is 0 Å². The van der Waals surface area contributed by atoms with Crippen LogP contribution in [0, 0.1) is 0 Å². The Morgan fingerprint density at radius 2 is 1.00 bits per heavy atom. The van der Waals surface area contributed by atoms with Crippen LogP contribution in [0.15, 0.2) is 185 Å². The lowest BCUT2D eigenvalue weighted by Crippen LogP contribution is -2.00. The molecule has 0 atom stereocenters. The van der Waals surface area contributed by atoms with Gasteiger partial charge in [-0.1, -0.05) is 152 Å². The highest BCUT2D eigenvalue weighted by Crippen LogP contribution is 2.44. The van der Waals surface area contributed by atoms with E-state index in [4.69, 9.17) is 23.8 Å². The van der Waals surface area contributed by atoms with Crippen LogP contribution < -0.4 is 0 Å². The Morgan fingerprint density at radius 1 is 0.393 bits per heavy atom. The molecule has 7 aromatic carbocycles. The number of fused-ring (bicyclic) bond motifs is 6. The smallest absolute Gasteiger partial charge is 0.164 e. The van der Waals surface area contributed by atoms with Gasteiger partial charge in [0.25, 0.3) is 0 Å². The normalized spacial score (nSPS) is 12.9. The zero-order valence-electron chi connectivity index (χ0n) is 30.3. The Labute approximate surface area is 322 Å². The van der Waals surface area contributed by atoms with Gasteiger partial charge >= 0.3 is 0 Å². The third kappa shape index (κ3) is 5.44. The van der Waals surface area contributed by atoms with Crippen LogP contribution in [0.1, 0.15) is 18.4 Å². The van der Waals surface area contributed by atoms with Gasteiger partial charge in [-0.3, -0.25) is 0 Å². The fraction of sp³-hybridized carbons (Fsp3) is 0.0392. The SMILES string of the molecule is C1=CC(c2ccc(-c3cc(-c4cccc5c4oc4cccc(-c6nc(-c7ccccc7)nc(-c7ccccc7)n6)c45)cc4c3oc3ccccc34)cc2)=CCC1. The average Bonchev–Trinajstić information content (AvgIpc) is 3.86. The van der Waals surface area contributed by atoms with Crippen LogP contribution in [0.4, 0.5) is 0 Å². The predicted molar refractivity (Wildman–Crippen MR) is 228 cm³/mol. The Morgan fingerprint density at radius 3 is 1.75 bits per heavy atom. The number of hydrogen-bond donors (Lipinski definition) is 0. The van der Waals surface area contributed by atoms with Crippen LogP contribution in [0.2, 0.25) is 0 Å². The first kappa shape index (κ1) is 32.1. The average molecular weight is 720 g/mol. The summed E-state index contributed by atoms with van der Waals surface area (Å²) in [6.45, 7) is 0. The second kappa shape index (κ2) is 13.2. The Kier molecular flexibility index (Phi) is 7.56. The fourth-order valence-corrected chi connectivity index (χ4v) is 8.06. The molecule has 5 heteroatoms. The van der Waals surface area contributed by atoms with Crippen molar-refractivity contribution in [3.05, 3.63) is 182 Å². The first-order valence-electron chi connectivity index (χ1n) is 19.0. The lowest BCUT2D eigenvalue weighted by atomic mass is 9.93. The minimum absolute atomic E-state index is 0.591. The molecule has 56 heavy (non-hydrogen) atoms. The second-order valence-electron chi connectivity index (χ2n) is 14.2. The van der Waals surface area contributed by atoms with E-state index in [0.29, 0.717) is 17.5 Å². The predicted octanol–water partition coefficient (Wildman–Crippen LogP) is 13.7. The van der Waals surface area contributed by atoms with E-state index >= 15 is 0 Å². The van der Waals surface area contributed by atoms with Gasteiger partial charge in [-0.25, -0.2) is 15.0 Å². The summed E-state index contributed by atoms with van der Waals surface area (Å²) in [5.41, 5.74) is 12.7. The lowest BCUT2D eigenvalue weighted by molar-refractivity contribution is 0.669. The molecule has 0 amide bonds. The van der Waals surface area contributed by atoms with E-state index < -0.39 is 0 Å². The molecule has 10 aromatic rings. The van der Waals surface area contributed by atoms with Crippen molar-refractivity contribution in [2.24, 2.45) is 0 Å². The quantitative estimate of drug-likeness (QED) is 0.171. The Bertz CT molecular complexity index is 3120. The number of furan rings is 2. The molecule has 0 saturated heterocycles. The topological polar surface area (TPSA) is 65.0 Å². The van der Waals surface area contributed by atoms with Crippen molar-refractivity contribution in [1.29, 1.82) is 0 Å². The molecule has 3 aromatic heterocycles. The molecule has 1 aliphatic rings. The summed E-state index contributed by atoms with van der Waals surface area (Å²) < 4.78 is 13.4. The molecule has 0 bridgehead atoms. The number of rotatable bonds is 6. The van der Waals surface area contributed by atoms with Crippen LogP contribution >= 0.6 is 0 Å². The minimum atomic E-state index is 0.591. The van der Waals surface area contributed by atoms with Crippen molar-refractivity contribution >= 4 is 49.5 Å². The van der Waals surface area contributed by atoms with Crippen LogP contribution in [0.3, 0.4) is 0 Å². The van der Waals surface area contributed by atoms with Crippen molar-refractivity contribution in [2.75, 3.05) is 0 Å². The van der Waals surface area contributed by atoms with E-state index in [9.17, 15) is 0 Å². The van der Waals surface area contributed by atoms with Crippen molar-refractivity contribution in [2.45, 2.75) is 12.8 Å².